The van der Waals surface area contributed by atoms with Crippen molar-refractivity contribution in [3.63, 3.8) is 0 Å². The van der Waals surface area contributed by atoms with E-state index in [0.29, 0.717) is 0 Å². The summed E-state index contributed by atoms with van der Waals surface area (Å²) in [6, 6.07) is 14.7. The summed E-state index contributed by atoms with van der Waals surface area (Å²) in [4.78, 5) is 4.52. The molecule has 1 N–H and O–H groups in total. The third-order valence-electron chi connectivity index (χ3n) is 2.85. The van der Waals surface area contributed by atoms with Gasteiger partial charge in [-0.1, -0.05) is 36.4 Å². The summed E-state index contributed by atoms with van der Waals surface area (Å²) in [6.07, 6.45) is 1.96. The molecular weight excluding hydrogens is 264 g/mol. The number of thioether (sulfide) groups is 1. The molecule has 0 spiro atoms. The van der Waals surface area contributed by atoms with Gasteiger partial charge in [0, 0.05) is 24.0 Å². The van der Waals surface area contributed by atoms with E-state index in [2.05, 4.69) is 67.5 Å². The first-order chi connectivity index (χ1) is 9.53. The molecule has 0 radical (unpaired) electrons. The number of nitrogens with one attached hydrogen (secondary N) is 1. The fraction of sp³-hybridized carbons (Fsp3) is 0.353. The molecular formula is C17H22N2S. The molecule has 1 aromatic carbocycles. The fourth-order valence-corrected chi connectivity index (χ4v) is 2.50. The molecule has 1 aromatic heterocycles. The molecule has 106 valence electrons. The minimum Gasteiger partial charge on any atom is -0.308 e. The second-order valence-electron chi connectivity index (χ2n) is 5.88. The summed E-state index contributed by atoms with van der Waals surface area (Å²) >= 11 is 1.77. The minimum absolute atomic E-state index is 0.140. The Balaban J connectivity index is 1.85. The van der Waals surface area contributed by atoms with E-state index in [4.69, 9.17) is 0 Å². The molecule has 0 aliphatic rings. The zero-order valence-electron chi connectivity index (χ0n) is 12.4. The van der Waals surface area contributed by atoms with Crippen LogP contribution in [0.2, 0.25) is 0 Å². The standard InChI is InChI=1S/C17H22N2S/c1-17(2,3)19-12-15-9-10-16(18-11-15)20-13-14-7-5-4-6-8-14/h4-11,19H,12-13H2,1-3H3. The van der Waals surface area contributed by atoms with E-state index in [9.17, 15) is 0 Å². The second kappa shape index (κ2) is 6.91. The third kappa shape index (κ3) is 5.35. The molecule has 0 saturated carbocycles. The topological polar surface area (TPSA) is 24.9 Å². The van der Waals surface area contributed by atoms with Crippen LogP contribution in [0.4, 0.5) is 0 Å². The highest BCUT2D eigenvalue weighted by Gasteiger charge is 2.08. The molecule has 0 bridgehead atoms. The van der Waals surface area contributed by atoms with Crippen molar-refractivity contribution in [2.75, 3.05) is 0 Å². The molecule has 0 amide bonds. The molecule has 0 atom stereocenters. The van der Waals surface area contributed by atoms with Crippen LogP contribution in [0.3, 0.4) is 0 Å². The number of rotatable bonds is 5. The highest BCUT2D eigenvalue weighted by atomic mass is 32.2. The molecule has 0 aliphatic heterocycles. The predicted molar refractivity (Wildman–Crippen MR) is 86.8 cm³/mol. The van der Waals surface area contributed by atoms with Crippen LogP contribution in [0.25, 0.3) is 0 Å². The monoisotopic (exact) mass is 286 g/mol. The van der Waals surface area contributed by atoms with Gasteiger partial charge in [-0.25, -0.2) is 4.98 Å². The van der Waals surface area contributed by atoms with Crippen LogP contribution < -0.4 is 5.32 Å². The van der Waals surface area contributed by atoms with Crippen LogP contribution in [0.15, 0.2) is 53.7 Å². The first kappa shape index (κ1) is 15.1. The Hall–Kier alpha value is -1.32. The summed E-state index contributed by atoms with van der Waals surface area (Å²) in [7, 11) is 0. The van der Waals surface area contributed by atoms with Crippen molar-refractivity contribution in [3.05, 3.63) is 59.8 Å². The maximum absolute atomic E-state index is 4.52. The molecule has 2 nitrogen and oxygen atoms in total. The van der Waals surface area contributed by atoms with Crippen molar-refractivity contribution in [1.29, 1.82) is 0 Å². The van der Waals surface area contributed by atoms with E-state index in [1.165, 1.54) is 11.1 Å². The Bertz CT molecular complexity index is 515. The van der Waals surface area contributed by atoms with Crippen LogP contribution in [0.1, 0.15) is 31.9 Å². The quantitative estimate of drug-likeness (QED) is 0.831. The van der Waals surface area contributed by atoms with Crippen LogP contribution >= 0.6 is 11.8 Å². The van der Waals surface area contributed by atoms with Gasteiger partial charge in [-0.2, -0.15) is 0 Å². The van der Waals surface area contributed by atoms with Crippen molar-refractivity contribution in [1.82, 2.24) is 10.3 Å². The zero-order valence-corrected chi connectivity index (χ0v) is 13.2. The number of pyridine rings is 1. The van der Waals surface area contributed by atoms with Gasteiger partial charge in [-0.3, -0.25) is 0 Å². The fourth-order valence-electron chi connectivity index (χ4n) is 1.70. The first-order valence-corrected chi connectivity index (χ1v) is 7.88. The van der Waals surface area contributed by atoms with Gasteiger partial charge in [0.15, 0.2) is 0 Å². The van der Waals surface area contributed by atoms with E-state index in [-0.39, 0.29) is 5.54 Å². The largest absolute Gasteiger partial charge is 0.308 e. The molecule has 1 heterocycles. The summed E-state index contributed by atoms with van der Waals surface area (Å²) in [5.74, 6) is 0.966. The van der Waals surface area contributed by atoms with Gasteiger partial charge in [-0.05, 0) is 38.0 Å². The predicted octanol–water partition coefficient (Wildman–Crippen LogP) is 4.26. The lowest BCUT2D eigenvalue weighted by atomic mass is 10.1. The van der Waals surface area contributed by atoms with E-state index in [1.54, 1.807) is 11.8 Å². The summed E-state index contributed by atoms with van der Waals surface area (Å²) in [6.45, 7) is 7.37. The zero-order chi connectivity index (χ0) is 14.4. The highest BCUT2D eigenvalue weighted by molar-refractivity contribution is 7.98. The lowest BCUT2D eigenvalue weighted by Crippen LogP contribution is -2.35. The molecule has 20 heavy (non-hydrogen) atoms. The van der Waals surface area contributed by atoms with Gasteiger partial charge >= 0.3 is 0 Å². The normalized spacial score (nSPS) is 11.6. The summed E-state index contributed by atoms with van der Waals surface area (Å²) in [5, 5.41) is 4.55. The molecule has 3 heteroatoms. The summed E-state index contributed by atoms with van der Waals surface area (Å²) in [5.41, 5.74) is 2.70. The van der Waals surface area contributed by atoms with Crippen molar-refractivity contribution >= 4 is 11.8 Å². The molecule has 0 fully saturated rings. The Morgan fingerprint density at radius 2 is 1.75 bits per heavy atom. The Morgan fingerprint density at radius 3 is 2.35 bits per heavy atom. The molecule has 2 rings (SSSR count). The van der Waals surface area contributed by atoms with Crippen molar-refractivity contribution in [2.45, 2.75) is 43.6 Å². The van der Waals surface area contributed by atoms with Gasteiger partial charge in [0.2, 0.25) is 0 Å². The third-order valence-corrected chi connectivity index (χ3v) is 3.86. The molecule has 0 aliphatic carbocycles. The van der Waals surface area contributed by atoms with Crippen LogP contribution in [-0.4, -0.2) is 10.5 Å². The average molecular weight is 286 g/mol. The number of hydrogen-bond acceptors (Lipinski definition) is 3. The number of aromatic nitrogens is 1. The van der Waals surface area contributed by atoms with Crippen LogP contribution in [0.5, 0.6) is 0 Å². The van der Waals surface area contributed by atoms with Crippen molar-refractivity contribution in [2.24, 2.45) is 0 Å². The number of benzene rings is 1. The van der Waals surface area contributed by atoms with Gasteiger partial charge in [0.25, 0.3) is 0 Å². The van der Waals surface area contributed by atoms with E-state index in [1.807, 2.05) is 12.3 Å². The van der Waals surface area contributed by atoms with Gasteiger partial charge in [0.1, 0.15) is 0 Å². The van der Waals surface area contributed by atoms with Gasteiger partial charge < -0.3 is 5.32 Å². The first-order valence-electron chi connectivity index (χ1n) is 6.90. The molecule has 0 unspecified atom stereocenters. The van der Waals surface area contributed by atoms with Crippen LogP contribution in [-0.2, 0) is 12.3 Å². The maximum atomic E-state index is 4.52. The van der Waals surface area contributed by atoms with E-state index < -0.39 is 0 Å². The van der Waals surface area contributed by atoms with Crippen LogP contribution in [0, 0.1) is 0 Å². The highest BCUT2D eigenvalue weighted by Crippen LogP contribution is 2.20. The Morgan fingerprint density at radius 1 is 1.00 bits per heavy atom. The molecule has 2 aromatic rings. The number of hydrogen-bond donors (Lipinski definition) is 1. The smallest absolute Gasteiger partial charge is 0.0963 e. The van der Waals surface area contributed by atoms with Crippen molar-refractivity contribution in [3.8, 4) is 0 Å². The average Bonchev–Trinajstić information content (AvgIpc) is 2.44. The summed E-state index contributed by atoms with van der Waals surface area (Å²) < 4.78 is 0. The second-order valence-corrected chi connectivity index (χ2v) is 6.88. The van der Waals surface area contributed by atoms with E-state index >= 15 is 0 Å². The maximum Gasteiger partial charge on any atom is 0.0963 e. The Kier molecular flexibility index (Phi) is 5.21. The van der Waals surface area contributed by atoms with Gasteiger partial charge in [-0.15, -0.1) is 11.8 Å². The number of nitrogens with zero attached hydrogens (tertiary/aromatic N) is 1. The Labute approximate surface area is 126 Å². The SMILES string of the molecule is CC(C)(C)NCc1ccc(SCc2ccccc2)nc1. The van der Waals surface area contributed by atoms with Gasteiger partial charge in [0.05, 0.1) is 5.03 Å². The minimum atomic E-state index is 0.140. The van der Waals surface area contributed by atoms with E-state index in [0.717, 1.165) is 17.3 Å². The lowest BCUT2D eigenvalue weighted by molar-refractivity contribution is 0.424. The van der Waals surface area contributed by atoms with Crippen molar-refractivity contribution < 1.29 is 0 Å². The lowest BCUT2D eigenvalue weighted by Gasteiger charge is -2.20. The molecule has 0 saturated heterocycles.